The molecule has 1 heterocycles. The summed E-state index contributed by atoms with van der Waals surface area (Å²) in [5, 5.41) is 0.474. The number of nitrogens with zero attached hydrogens (tertiary/aromatic N) is 2. The van der Waals surface area contributed by atoms with Crippen LogP contribution in [0, 0.1) is 5.82 Å². The molecule has 0 saturated carbocycles. The Morgan fingerprint density at radius 2 is 1.79 bits per heavy atom. The summed E-state index contributed by atoms with van der Waals surface area (Å²) in [5.74, 6) is -1.30. The number of hydrogen-bond donors (Lipinski definition) is 0. The van der Waals surface area contributed by atoms with Gasteiger partial charge in [0.1, 0.15) is 17.6 Å². The molecule has 0 radical (unpaired) electrons. The van der Waals surface area contributed by atoms with Crippen LogP contribution in [0.25, 0.3) is 0 Å². The normalized spacial score (nSPS) is 15.5. The lowest BCUT2D eigenvalue weighted by atomic mass is 10.1. The van der Waals surface area contributed by atoms with Crippen LogP contribution in [0.4, 0.5) is 10.1 Å². The highest BCUT2D eigenvalue weighted by molar-refractivity contribution is 6.31. The van der Waals surface area contributed by atoms with Crippen LogP contribution in [0.3, 0.4) is 0 Å². The van der Waals surface area contributed by atoms with Gasteiger partial charge in [0.05, 0.1) is 19.2 Å². The largest absolute Gasteiger partial charge is 0.497 e. The molecule has 1 atom stereocenters. The van der Waals surface area contributed by atoms with E-state index in [1.165, 1.54) is 23.1 Å². The average Bonchev–Trinajstić information content (AvgIpc) is 3.13. The third-order valence-corrected chi connectivity index (χ3v) is 5.97. The van der Waals surface area contributed by atoms with Crippen molar-refractivity contribution in [1.82, 2.24) is 4.90 Å². The summed E-state index contributed by atoms with van der Waals surface area (Å²) in [6, 6.07) is 18.0. The molecule has 4 rings (SSSR count). The number of amides is 3. The van der Waals surface area contributed by atoms with Gasteiger partial charge in [0.2, 0.25) is 5.91 Å². The Hall–Kier alpha value is -3.71. The molecular weight excluding hydrogens is 459 g/mol. The minimum Gasteiger partial charge on any atom is -0.497 e. The van der Waals surface area contributed by atoms with Crippen LogP contribution in [-0.2, 0) is 16.0 Å². The lowest BCUT2D eigenvalue weighted by Crippen LogP contribution is -2.46. The Balaban J connectivity index is 1.62. The monoisotopic (exact) mass is 480 g/mol. The van der Waals surface area contributed by atoms with E-state index in [2.05, 4.69) is 0 Å². The first-order valence-electron chi connectivity index (χ1n) is 10.7. The summed E-state index contributed by atoms with van der Waals surface area (Å²) in [7, 11) is 1.57. The van der Waals surface area contributed by atoms with Crippen LogP contribution < -0.4 is 9.64 Å². The molecule has 1 fully saturated rings. The van der Waals surface area contributed by atoms with E-state index >= 15 is 0 Å². The highest BCUT2D eigenvalue weighted by atomic mass is 35.5. The molecule has 0 aromatic heterocycles. The summed E-state index contributed by atoms with van der Waals surface area (Å²) >= 11 is 5.93. The topological polar surface area (TPSA) is 66.9 Å². The van der Waals surface area contributed by atoms with Crippen LogP contribution >= 0.6 is 11.6 Å². The first-order valence-corrected chi connectivity index (χ1v) is 11.1. The molecule has 3 amide bonds. The smallest absolute Gasteiger partial charge is 0.257 e. The zero-order chi connectivity index (χ0) is 24.2. The van der Waals surface area contributed by atoms with Gasteiger partial charge in [0, 0.05) is 17.1 Å². The van der Waals surface area contributed by atoms with Gasteiger partial charge in [-0.2, -0.15) is 0 Å². The third-order valence-electron chi connectivity index (χ3n) is 5.72. The fraction of sp³-hybridized carbons (Fsp3) is 0.192. The van der Waals surface area contributed by atoms with Crippen molar-refractivity contribution in [2.75, 3.05) is 18.6 Å². The minimum absolute atomic E-state index is 0.111. The summed E-state index contributed by atoms with van der Waals surface area (Å²) in [6.45, 7) is 0.166. The molecular formula is C26H22ClFN2O4. The van der Waals surface area contributed by atoms with Gasteiger partial charge in [-0.25, -0.2) is 9.29 Å². The van der Waals surface area contributed by atoms with E-state index < -0.39 is 29.6 Å². The van der Waals surface area contributed by atoms with Gasteiger partial charge in [-0.3, -0.25) is 14.4 Å². The molecule has 174 valence electrons. The predicted octanol–water partition coefficient (Wildman–Crippen LogP) is 4.50. The van der Waals surface area contributed by atoms with Crippen LogP contribution in [0.2, 0.25) is 5.02 Å². The van der Waals surface area contributed by atoms with Gasteiger partial charge in [0.15, 0.2) is 0 Å². The number of imide groups is 1. The minimum atomic E-state index is -1.00. The highest BCUT2D eigenvalue weighted by Crippen LogP contribution is 2.28. The van der Waals surface area contributed by atoms with Gasteiger partial charge in [-0.15, -0.1) is 0 Å². The molecule has 0 spiro atoms. The summed E-state index contributed by atoms with van der Waals surface area (Å²) in [5.41, 5.74) is 1.42. The van der Waals surface area contributed by atoms with Crippen molar-refractivity contribution >= 4 is 35.0 Å². The van der Waals surface area contributed by atoms with Crippen molar-refractivity contribution in [3.63, 3.8) is 0 Å². The van der Waals surface area contributed by atoms with E-state index in [0.717, 1.165) is 16.5 Å². The van der Waals surface area contributed by atoms with Crippen molar-refractivity contribution in [3.05, 3.63) is 94.8 Å². The standard InChI is InChI=1S/C26H22ClFN2O4/c1-34-22-11-5-17(6-12-22)13-14-29(25(32)18-3-2-4-20(28)15-18)23-16-24(31)30(26(23)33)21-9-7-19(27)8-10-21/h2-12,15,23H,13-14,16H2,1H3. The predicted molar refractivity (Wildman–Crippen MR) is 126 cm³/mol. The number of hydrogen-bond acceptors (Lipinski definition) is 4. The van der Waals surface area contributed by atoms with Crippen LogP contribution in [-0.4, -0.2) is 42.3 Å². The number of methoxy groups -OCH3 is 1. The molecule has 0 aliphatic carbocycles. The van der Waals surface area contributed by atoms with E-state index in [4.69, 9.17) is 16.3 Å². The third kappa shape index (κ3) is 4.94. The Kier molecular flexibility index (Phi) is 6.93. The molecule has 0 bridgehead atoms. The van der Waals surface area contributed by atoms with Crippen LogP contribution in [0.15, 0.2) is 72.8 Å². The number of carbonyl (C=O) groups is 3. The Labute approximate surface area is 201 Å². The lowest BCUT2D eigenvalue weighted by molar-refractivity contribution is -0.122. The Bertz CT molecular complexity index is 1210. The fourth-order valence-electron chi connectivity index (χ4n) is 3.95. The fourth-order valence-corrected chi connectivity index (χ4v) is 4.07. The van der Waals surface area contributed by atoms with Crippen molar-refractivity contribution < 1.29 is 23.5 Å². The molecule has 3 aromatic rings. The molecule has 1 aliphatic rings. The first-order chi connectivity index (χ1) is 16.4. The highest BCUT2D eigenvalue weighted by Gasteiger charge is 2.44. The summed E-state index contributed by atoms with van der Waals surface area (Å²) in [6.07, 6.45) is 0.273. The van der Waals surface area contributed by atoms with Crippen LogP contribution in [0.1, 0.15) is 22.3 Å². The summed E-state index contributed by atoms with van der Waals surface area (Å²) in [4.78, 5) is 41.9. The second kappa shape index (κ2) is 10.1. The van der Waals surface area contributed by atoms with Gasteiger partial charge in [-0.1, -0.05) is 29.8 Å². The van der Waals surface area contributed by atoms with E-state index in [1.807, 2.05) is 12.1 Å². The van der Waals surface area contributed by atoms with Crippen molar-refractivity contribution in [1.29, 1.82) is 0 Å². The Morgan fingerprint density at radius 1 is 1.09 bits per heavy atom. The second-order valence-corrected chi connectivity index (χ2v) is 8.31. The SMILES string of the molecule is COc1ccc(CCN(C(=O)c2cccc(F)c2)C2CC(=O)N(c3ccc(Cl)cc3)C2=O)cc1. The number of rotatable bonds is 7. The number of anilines is 1. The number of ether oxygens (including phenoxy) is 1. The van der Waals surface area contributed by atoms with E-state index in [-0.39, 0.29) is 18.5 Å². The molecule has 1 saturated heterocycles. The van der Waals surface area contributed by atoms with E-state index in [9.17, 15) is 18.8 Å². The number of carbonyl (C=O) groups excluding carboxylic acids is 3. The number of benzene rings is 3. The molecule has 0 N–H and O–H groups in total. The zero-order valence-corrected chi connectivity index (χ0v) is 19.2. The molecule has 6 nitrogen and oxygen atoms in total. The number of halogens is 2. The average molecular weight is 481 g/mol. The maximum atomic E-state index is 13.8. The molecule has 1 unspecified atom stereocenters. The van der Waals surface area contributed by atoms with Gasteiger partial charge < -0.3 is 9.64 Å². The quantitative estimate of drug-likeness (QED) is 0.467. The van der Waals surface area contributed by atoms with Crippen molar-refractivity contribution in [3.8, 4) is 5.75 Å². The molecule has 8 heteroatoms. The summed E-state index contributed by atoms with van der Waals surface area (Å²) < 4.78 is 19.0. The maximum absolute atomic E-state index is 13.8. The van der Waals surface area contributed by atoms with Gasteiger partial charge in [-0.05, 0) is 66.6 Å². The molecule has 34 heavy (non-hydrogen) atoms. The van der Waals surface area contributed by atoms with Gasteiger partial charge in [0.25, 0.3) is 11.8 Å². The van der Waals surface area contributed by atoms with Crippen LogP contribution in [0.5, 0.6) is 5.75 Å². The maximum Gasteiger partial charge on any atom is 0.257 e. The lowest BCUT2D eigenvalue weighted by Gasteiger charge is -2.28. The second-order valence-electron chi connectivity index (χ2n) is 7.87. The van der Waals surface area contributed by atoms with E-state index in [0.29, 0.717) is 22.9 Å². The first kappa shape index (κ1) is 23.4. The zero-order valence-electron chi connectivity index (χ0n) is 18.4. The van der Waals surface area contributed by atoms with E-state index in [1.54, 1.807) is 43.5 Å². The molecule has 1 aliphatic heterocycles. The van der Waals surface area contributed by atoms with Crippen molar-refractivity contribution in [2.45, 2.75) is 18.9 Å². The Morgan fingerprint density at radius 3 is 2.44 bits per heavy atom. The van der Waals surface area contributed by atoms with Crippen molar-refractivity contribution in [2.24, 2.45) is 0 Å². The van der Waals surface area contributed by atoms with Gasteiger partial charge >= 0.3 is 0 Å². The molecule has 3 aromatic carbocycles.